The average Bonchev–Trinajstić information content (AvgIpc) is 3.21. The molecule has 2 aromatic carbocycles. The van der Waals surface area contributed by atoms with Crippen LogP contribution < -0.4 is 4.90 Å². The number of rotatable bonds is 4. The zero-order valence-electron chi connectivity index (χ0n) is 14.2. The Morgan fingerprint density at radius 1 is 1.12 bits per heavy atom. The molecule has 6 heteroatoms. The summed E-state index contributed by atoms with van der Waals surface area (Å²) < 4.78 is 0. The number of anilines is 1. The van der Waals surface area contributed by atoms with Crippen LogP contribution in [0.15, 0.2) is 60.8 Å². The van der Waals surface area contributed by atoms with Crippen molar-refractivity contribution in [2.75, 3.05) is 4.90 Å². The van der Waals surface area contributed by atoms with Gasteiger partial charge in [-0.15, -0.1) is 11.3 Å². The molecule has 1 aliphatic heterocycles. The van der Waals surface area contributed by atoms with Gasteiger partial charge in [0.15, 0.2) is 10.3 Å². The number of nitrogens with one attached hydrogen (secondary N) is 1. The molecule has 0 unspecified atom stereocenters. The molecule has 1 atom stereocenters. The Balaban J connectivity index is 1.54. The number of hydrogen-bond acceptors (Lipinski definition) is 5. The molecule has 4 nitrogen and oxygen atoms in total. The monoisotopic (exact) mass is 379 g/mol. The Kier molecular flexibility index (Phi) is 4.61. The molecule has 0 spiro atoms. The van der Waals surface area contributed by atoms with E-state index in [0.29, 0.717) is 5.13 Å². The molecular weight excluding hydrogens is 362 g/mol. The summed E-state index contributed by atoms with van der Waals surface area (Å²) in [6.45, 7) is 2.07. The van der Waals surface area contributed by atoms with Crippen molar-refractivity contribution in [2.24, 2.45) is 0 Å². The van der Waals surface area contributed by atoms with Crippen molar-refractivity contribution in [3.8, 4) is 0 Å². The number of amidine groups is 1. The first kappa shape index (κ1) is 17.0. The minimum absolute atomic E-state index is 0.0950. The molecule has 1 saturated heterocycles. The number of hydrogen-bond donors (Lipinski definition) is 1. The highest BCUT2D eigenvalue weighted by Gasteiger charge is 2.40. The van der Waals surface area contributed by atoms with Gasteiger partial charge in [0, 0.05) is 17.5 Å². The van der Waals surface area contributed by atoms with Crippen LogP contribution in [0.1, 0.15) is 26.8 Å². The van der Waals surface area contributed by atoms with Gasteiger partial charge in [-0.1, -0.05) is 71.9 Å². The summed E-state index contributed by atoms with van der Waals surface area (Å²) in [6.07, 6.45) is 2.59. The average molecular weight is 380 g/mol. The van der Waals surface area contributed by atoms with Crippen LogP contribution in [0, 0.1) is 12.3 Å². The summed E-state index contributed by atoms with van der Waals surface area (Å²) >= 11 is 2.74. The van der Waals surface area contributed by atoms with Crippen LogP contribution >= 0.6 is 23.1 Å². The quantitative estimate of drug-likeness (QED) is 0.708. The first-order chi connectivity index (χ1) is 12.6. The molecule has 2 heterocycles. The molecule has 0 bridgehead atoms. The number of carbonyl (C=O) groups excluding carboxylic acids is 1. The van der Waals surface area contributed by atoms with E-state index in [-0.39, 0.29) is 16.3 Å². The van der Waals surface area contributed by atoms with Crippen LogP contribution in [-0.2, 0) is 11.2 Å². The molecule has 0 saturated carbocycles. The van der Waals surface area contributed by atoms with Crippen LogP contribution in [0.5, 0.6) is 0 Å². The fourth-order valence-corrected chi connectivity index (χ4v) is 4.86. The number of carbonyl (C=O) groups is 1. The lowest BCUT2D eigenvalue weighted by molar-refractivity contribution is -0.117. The molecule has 26 heavy (non-hydrogen) atoms. The van der Waals surface area contributed by atoms with E-state index in [1.54, 1.807) is 6.20 Å². The third-order valence-corrected chi connectivity index (χ3v) is 6.31. The van der Waals surface area contributed by atoms with E-state index in [4.69, 9.17) is 5.41 Å². The van der Waals surface area contributed by atoms with Gasteiger partial charge in [-0.25, -0.2) is 9.88 Å². The number of benzene rings is 2. The summed E-state index contributed by atoms with van der Waals surface area (Å²) in [6, 6.07) is 18.0. The fraction of sp³-hybridized carbons (Fsp3) is 0.150. The highest BCUT2D eigenvalue weighted by Crippen LogP contribution is 2.42. The maximum Gasteiger partial charge on any atom is 0.253 e. The van der Waals surface area contributed by atoms with Gasteiger partial charge in [-0.05, 0) is 18.1 Å². The van der Waals surface area contributed by atoms with Gasteiger partial charge < -0.3 is 0 Å². The van der Waals surface area contributed by atoms with Crippen LogP contribution in [0.2, 0.25) is 0 Å². The zero-order valence-corrected chi connectivity index (χ0v) is 15.8. The van der Waals surface area contributed by atoms with Gasteiger partial charge in [0.25, 0.3) is 5.91 Å². The highest BCUT2D eigenvalue weighted by atomic mass is 32.2. The summed E-state index contributed by atoms with van der Waals surface area (Å²) in [5, 5.41) is 8.69. The van der Waals surface area contributed by atoms with Crippen LogP contribution in [0.4, 0.5) is 5.13 Å². The Labute approximate surface area is 160 Å². The third kappa shape index (κ3) is 3.30. The van der Waals surface area contributed by atoms with E-state index in [0.717, 1.165) is 16.9 Å². The van der Waals surface area contributed by atoms with Crippen molar-refractivity contribution < 1.29 is 4.79 Å². The standard InChI is InChI=1S/C20H17N3OS2/c1-13-7-9-14(10-8-13)11-16-12-22-20(25-16)23-18(24)17(26-19(23)21)15-5-3-2-4-6-15/h2-10,12,17,21H,11H2,1H3/t17-/m1/s1. The van der Waals surface area contributed by atoms with Gasteiger partial charge in [-0.2, -0.15) is 0 Å². The Hall–Kier alpha value is -2.44. The lowest BCUT2D eigenvalue weighted by Crippen LogP contribution is -2.29. The first-order valence-electron chi connectivity index (χ1n) is 8.26. The van der Waals surface area contributed by atoms with Crippen molar-refractivity contribution in [3.63, 3.8) is 0 Å². The SMILES string of the molecule is Cc1ccc(Cc2cnc(N3C(=N)S[C@H](c4ccccc4)C3=O)s2)cc1. The van der Waals surface area contributed by atoms with E-state index < -0.39 is 0 Å². The zero-order chi connectivity index (χ0) is 18.1. The fourth-order valence-electron chi connectivity index (χ4n) is 2.84. The third-order valence-electron chi connectivity index (χ3n) is 4.21. The predicted octanol–water partition coefficient (Wildman–Crippen LogP) is 4.80. The van der Waals surface area contributed by atoms with E-state index in [9.17, 15) is 4.79 Å². The maximum absolute atomic E-state index is 12.9. The van der Waals surface area contributed by atoms with Gasteiger partial charge in [0.2, 0.25) is 0 Å². The largest absolute Gasteiger partial charge is 0.278 e. The summed E-state index contributed by atoms with van der Waals surface area (Å²) in [4.78, 5) is 19.8. The highest BCUT2D eigenvalue weighted by molar-refractivity contribution is 8.15. The van der Waals surface area contributed by atoms with E-state index in [2.05, 4.69) is 36.2 Å². The van der Waals surface area contributed by atoms with Crippen LogP contribution in [0.3, 0.4) is 0 Å². The van der Waals surface area contributed by atoms with Crippen molar-refractivity contribution in [1.29, 1.82) is 5.41 Å². The number of aromatic nitrogens is 1. The molecule has 130 valence electrons. The van der Waals surface area contributed by atoms with Crippen molar-refractivity contribution >= 4 is 39.3 Å². The van der Waals surface area contributed by atoms with Crippen molar-refractivity contribution in [1.82, 2.24) is 4.98 Å². The minimum Gasteiger partial charge on any atom is -0.278 e. The summed E-state index contributed by atoms with van der Waals surface area (Å²) in [5.74, 6) is -0.0950. The molecule has 1 aromatic heterocycles. The van der Waals surface area contributed by atoms with E-state index >= 15 is 0 Å². The number of nitrogens with zero attached hydrogens (tertiary/aromatic N) is 2. The van der Waals surface area contributed by atoms with Crippen molar-refractivity contribution in [2.45, 2.75) is 18.6 Å². The molecule has 1 aliphatic rings. The van der Waals surface area contributed by atoms with Crippen molar-refractivity contribution in [3.05, 3.63) is 82.4 Å². The Morgan fingerprint density at radius 3 is 2.58 bits per heavy atom. The lowest BCUT2D eigenvalue weighted by atomic mass is 10.1. The van der Waals surface area contributed by atoms with Crippen LogP contribution in [-0.4, -0.2) is 16.1 Å². The first-order valence-corrected chi connectivity index (χ1v) is 9.96. The molecule has 3 aromatic rings. The Bertz CT molecular complexity index is 951. The molecule has 0 aliphatic carbocycles. The molecular formula is C20H17N3OS2. The maximum atomic E-state index is 12.9. The molecule has 1 fully saturated rings. The van der Waals surface area contributed by atoms with Gasteiger partial charge in [0.1, 0.15) is 5.25 Å². The van der Waals surface area contributed by atoms with Gasteiger partial charge in [-0.3, -0.25) is 10.2 Å². The second-order valence-corrected chi connectivity index (χ2v) is 8.35. The van der Waals surface area contributed by atoms with Crippen LogP contribution in [0.25, 0.3) is 0 Å². The summed E-state index contributed by atoms with van der Waals surface area (Å²) in [7, 11) is 0. The molecule has 4 rings (SSSR count). The number of amides is 1. The predicted molar refractivity (Wildman–Crippen MR) is 108 cm³/mol. The van der Waals surface area contributed by atoms with E-state index in [1.807, 2.05) is 30.3 Å². The smallest absolute Gasteiger partial charge is 0.253 e. The van der Waals surface area contributed by atoms with Gasteiger partial charge in [0.05, 0.1) is 0 Å². The number of thioether (sulfide) groups is 1. The Morgan fingerprint density at radius 2 is 1.85 bits per heavy atom. The topological polar surface area (TPSA) is 57.1 Å². The molecule has 0 radical (unpaired) electrons. The number of thiazole rings is 1. The lowest BCUT2D eigenvalue weighted by Gasteiger charge is -2.11. The normalized spacial score (nSPS) is 17.1. The van der Waals surface area contributed by atoms with E-state index in [1.165, 1.54) is 39.1 Å². The second kappa shape index (κ2) is 7.05. The summed E-state index contributed by atoms with van der Waals surface area (Å²) in [5.41, 5.74) is 3.37. The number of aryl methyl sites for hydroxylation is 1. The molecule has 1 N–H and O–H groups in total. The molecule has 1 amide bonds. The second-order valence-electron chi connectivity index (χ2n) is 6.16. The van der Waals surface area contributed by atoms with Gasteiger partial charge >= 0.3 is 0 Å². The minimum atomic E-state index is -0.367.